The number of carbonyl (C=O) groups excluding carboxylic acids is 1. The number of benzene rings is 1. The fraction of sp³-hybridized carbons (Fsp3) is 0.273. The molecule has 0 saturated carbocycles. The topological polar surface area (TPSA) is 78.2 Å². The molecule has 0 radical (unpaired) electrons. The van der Waals surface area contributed by atoms with Gasteiger partial charge >= 0.3 is 0 Å². The van der Waals surface area contributed by atoms with Crippen LogP contribution >= 0.6 is 10.7 Å². The maximum Gasteiger partial charge on any atom is 0.237 e. The summed E-state index contributed by atoms with van der Waals surface area (Å²) in [6.07, 6.45) is -0.440. The Labute approximate surface area is 117 Å². The summed E-state index contributed by atoms with van der Waals surface area (Å²) in [5.41, 5.74) is -0.909. The minimum atomic E-state index is -4.00. The number of hydrogen-bond acceptors (Lipinski definition) is 4. The van der Waals surface area contributed by atoms with Gasteiger partial charge in [-0.15, -0.1) is 0 Å². The van der Waals surface area contributed by atoms with Crippen molar-refractivity contribution in [2.24, 2.45) is 0 Å². The number of anilines is 1. The molecule has 20 heavy (non-hydrogen) atoms. The molecular weight excluding hydrogens is 314 g/mol. The van der Waals surface area contributed by atoms with Crippen molar-refractivity contribution in [3.05, 3.63) is 29.3 Å². The summed E-state index contributed by atoms with van der Waals surface area (Å²) in [5, 5.41) is 7.37. The first kappa shape index (κ1) is 14.7. The maximum absolute atomic E-state index is 13.8. The molecule has 0 aromatic heterocycles. The molecular formula is C11H7ClF2N2O3S. The Balaban J connectivity index is 2.44. The summed E-state index contributed by atoms with van der Waals surface area (Å²) in [6, 6.07) is 3.11. The van der Waals surface area contributed by atoms with Crippen molar-refractivity contribution in [1.29, 1.82) is 5.26 Å². The molecule has 1 heterocycles. The van der Waals surface area contributed by atoms with Crippen LogP contribution in [0.25, 0.3) is 0 Å². The van der Waals surface area contributed by atoms with Crippen LogP contribution in [-0.2, 0) is 13.8 Å². The van der Waals surface area contributed by atoms with Crippen LogP contribution in [0.1, 0.15) is 12.0 Å². The molecule has 0 bridgehead atoms. The van der Waals surface area contributed by atoms with Gasteiger partial charge in [0, 0.05) is 23.6 Å². The molecule has 1 aliphatic rings. The Kier molecular flexibility index (Phi) is 3.67. The molecule has 1 aromatic rings. The van der Waals surface area contributed by atoms with Crippen molar-refractivity contribution < 1.29 is 22.0 Å². The van der Waals surface area contributed by atoms with Crippen LogP contribution in [0, 0.1) is 23.0 Å². The second-order valence-electron chi connectivity index (χ2n) is 4.21. The monoisotopic (exact) mass is 320 g/mol. The first-order valence-electron chi connectivity index (χ1n) is 5.37. The third-order valence-electron chi connectivity index (χ3n) is 2.90. The van der Waals surface area contributed by atoms with Gasteiger partial charge in [-0.3, -0.25) is 4.79 Å². The molecule has 0 N–H and O–H groups in total. The van der Waals surface area contributed by atoms with E-state index in [2.05, 4.69) is 0 Å². The predicted molar refractivity (Wildman–Crippen MR) is 66.6 cm³/mol. The molecule has 0 spiro atoms. The van der Waals surface area contributed by atoms with Gasteiger partial charge in [0.15, 0.2) is 11.6 Å². The first-order chi connectivity index (χ1) is 9.24. The molecule has 0 aliphatic carbocycles. The third-order valence-corrected chi connectivity index (χ3v) is 4.77. The van der Waals surface area contributed by atoms with Crippen molar-refractivity contribution in [2.45, 2.75) is 11.7 Å². The zero-order valence-corrected chi connectivity index (χ0v) is 11.4. The molecule has 9 heteroatoms. The summed E-state index contributed by atoms with van der Waals surface area (Å²) in [4.78, 5) is 12.4. The number of rotatable bonds is 2. The number of hydrogen-bond donors (Lipinski definition) is 0. The molecule has 2 rings (SSSR count). The van der Waals surface area contributed by atoms with E-state index in [-0.39, 0.29) is 5.56 Å². The Bertz CT molecular complexity index is 707. The molecule has 1 aliphatic heterocycles. The molecule has 1 atom stereocenters. The number of amides is 1. The third kappa shape index (κ3) is 2.59. The quantitative estimate of drug-likeness (QED) is 0.774. The van der Waals surface area contributed by atoms with Crippen molar-refractivity contribution in [3.8, 4) is 6.07 Å². The normalized spacial score (nSPS) is 19.2. The highest BCUT2D eigenvalue weighted by Gasteiger charge is 2.40. The van der Waals surface area contributed by atoms with E-state index in [4.69, 9.17) is 15.9 Å². The van der Waals surface area contributed by atoms with Crippen LogP contribution in [0.3, 0.4) is 0 Å². The summed E-state index contributed by atoms with van der Waals surface area (Å²) < 4.78 is 49.9. The number of carbonyl (C=O) groups is 1. The lowest BCUT2D eigenvalue weighted by Gasteiger charge is -2.17. The Hall–Kier alpha value is -1.72. The Morgan fingerprint density at radius 2 is 1.90 bits per heavy atom. The minimum Gasteiger partial charge on any atom is -0.306 e. The lowest BCUT2D eigenvalue weighted by Crippen LogP contribution is -2.28. The summed E-state index contributed by atoms with van der Waals surface area (Å²) >= 11 is 0. The molecule has 106 valence electrons. The second-order valence-corrected chi connectivity index (χ2v) is 7.11. The van der Waals surface area contributed by atoms with Gasteiger partial charge in [0.25, 0.3) is 0 Å². The number of nitriles is 1. The highest BCUT2D eigenvalue weighted by Crippen LogP contribution is 2.31. The number of nitrogens with zero attached hydrogens (tertiary/aromatic N) is 2. The fourth-order valence-corrected chi connectivity index (χ4v) is 2.99. The van der Waals surface area contributed by atoms with Crippen LogP contribution in [0.15, 0.2) is 12.1 Å². The van der Waals surface area contributed by atoms with Crippen molar-refractivity contribution in [2.75, 3.05) is 11.4 Å². The van der Waals surface area contributed by atoms with E-state index in [1.165, 1.54) is 0 Å². The van der Waals surface area contributed by atoms with E-state index in [1.54, 1.807) is 6.07 Å². The van der Waals surface area contributed by atoms with Gasteiger partial charge in [0.1, 0.15) is 10.9 Å². The largest absolute Gasteiger partial charge is 0.306 e. The average molecular weight is 321 g/mol. The van der Waals surface area contributed by atoms with E-state index in [9.17, 15) is 22.0 Å². The first-order valence-corrected chi connectivity index (χ1v) is 7.74. The van der Waals surface area contributed by atoms with Gasteiger partial charge in [-0.05, 0) is 12.1 Å². The van der Waals surface area contributed by atoms with Gasteiger partial charge in [0.05, 0.1) is 11.6 Å². The van der Waals surface area contributed by atoms with E-state index >= 15 is 0 Å². The van der Waals surface area contributed by atoms with Crippen molar-refractivity contribution in [3.63, 3.8) is 0 Å². The zero-order valence-electron chi connectivity index (χ0n) is 9.81. The van der Waals surface area contributed by atoms with Gasteiger partial charge in [0.2, 0.25) is 15.0 Å². The summed E-state index contributed by atoms with van der Waals surface area (Å²) in [6.45, 7) is -0.426. The highest BCUT2D eigenvalue weighted by molar-refractivity contribution is 8.14. The summed E-state index contributed by atoms with van der Waals surface area (Å²) in [5.74, 6) is -2.97. The predicted octanol–water partition coefficient (Wildman–Crippen LogP) is 1.51. The van der Waals surface area contributed by atoms with Crippen LogP contribution in [-0.4, -0.2) is 26.1 Å². The van der Waals surface area contributed by atoms with Crippen LogP contribution < -0.4 is 4.90 Å². The lowest BCUT2D eigenvalue weighted by atomic mass is 10.2. The lowest BCUT2D eigenvalue weighted by molar-refractivity contribution is -0.117. The van der Waals surface area contributed by atoms with E-state index in [1.807, 2.05) is 0 Å². The Morgan fingerprint density at radius 1 is 1.35 bits per heavy atom. The van der Waals surface area contributed by atoms with Gasteiger partial charge < -0.3 is 4.90 Å². The minimum absolute atomic E-state index is 0.239. The van der Waals surface area contributed by atoms with Crippen molar-refractivity contribution in [1.82, 2.24) is 0 Å². The van der Waals surface area contributed by atoms with E-state index in [0.29, 0.717) is 4.90 Å². The van der Waals surface area contributed by atoms with E-state index in [0.717, 1.165) is 12.1 Å². The van der Waals surface area contributed by atoms with Gasteiger partial charge in [-0.25, -0.2) is 17.2 Å². The van der Waals surface area contributed by atoms with Crippen molar-refractivity contribution >= 4 is 31.3 Å². The Morgan fingerprint density at radius 3 is 2.30 bits per heavy atom. The summed E-state index contributed by atoms with van der Waals surface area (Å²) in [7, 11) is 1.15. The fourth-order valence-electron chi connectivity index (χ4n) is 1.97. The molecule has 5 nitrogen and oxygen atoms in total. The SMILES string of the molecule is N#Cc1cc(F)c(N2CC(S(=O)(=O)Cl)CC2=O)c(F)c1. The molecule has 1 unspecified atom stereocenters. The number of halogens is 3. The standard InChI is InChI=1S/C11H7ClF2N2O3S/c12-20(18,19)7-3-10(17)16(5-7)11-8(13)1-6(4-15)2-9(11)14/h1-2,7H,3,5H2. The van der Waals surface area contributed by atoms with Crippen LogP contribution in [0.4, 0.5) is 14.5 Å². The zero-order chi connectivity index (χ0) is 15.1. The smallest absolute Gasteiger partial charge is 0.237 e. The van der Waals surface area contributed by atoms with Crippen LogP contribution in [0.2, 0.25) is 0 Å². The average Bonchev–Trinajstić information content (AvgIpc) is 2.70. The molecule has 1 amide bonds. The van der Waals surface area contributed by atoms with E-state index < -0.39 is 50.5 Å². The van der Waals surface area contributed by atoms with Gasteiger partial charge in [-0.1, -0.05) is 0 Å². The van der Waals surface area contributed by atoms with Gasteiger partial charge in [-0.2, -0.15) is 5.26 Å². The molecule has 1 fully saturated rings. The second kappa shape index (κ2) is 5.00. The molecule has 1 saturated heterocycles. The van der Waals surface area contributed by atoms with Crippen LogP contribution in [0.5, 0.6) is 0 Å². The highest BCUT2D eigenvalue weighted by atomic mass is 35.7. The molecule has 1 aromatic carbocycles. The maximum atomic E-state index is 13.8.